The first-order chi connectivity index (χ1) is 12.0. The van der Waals surface area contributed by atoms with Crippen molar-refractivity contribution in [2.75, 3.05) is 0 Å². The highest BCUT2D eigenvalue weighted by molar-refractivity contribution is 5.68. The number of carboxylic acid groups (broad SMARTS) is 1. The van der Waals surface area contributed by atoms with E-state index in [1.807, 2.05) is 53.2 Å². The molecule has 126 valence electrons. The van der Waals surface area contributed by atoms with Crippen molar-refractivity contribution in [2.45, 2.75) is 12.8 Å². The molecule has 2 aromatic carbocycles. The van der Waals surface area contributed by atoms with Gasteiger partial charge in [0.1, 0.15) is 0 Å². The molecule has 3 rings (SSSR count). The highest BCUT2D eigenvalue weighted by Gasteiger charge is 2.09. The van der Waals surface area contributed by atoms with Gasteiger partial charge in [0.15, 0.2) is 0 Å². The Morgan fingerprint density at radius 3 is 2.48 bits per heavy atom. The van der Waals surface area contributed by atoms with Crippen molar-refractivity contribution in [3.8, 4) is 16.8 Å². The van der Waals surface area contributed by atoms with Gasteiger partial charge in [0.05, 0.1) is 11.3 Å². The Morgan fingerprint density at radius 2 is 1.80 bits per heavy atom. The summed E-state index contributed by atoms with van der Waals surface area (Å²) in [5, 5.41) is 19.7. The number of rotatable bonds is 6. The normalized spacial score (nSPS) is 10.6. The van der Waals surface area contributed by atoms with Gasteiger partial charge in [-0.2, -0.15) is 0 Å². The van der Waals surface area contributed by atoms with E-state index in [0.717, 1.165) is 22.5 Å². The second-order valence-corrected chi connectivity index (χ2v) is 5.62. The average molecular weight is 336 g/mol. The number of carbonyl (C=O) groups is 1. The molecule has 0 radical (unpaired) electrons. The molecule has 0 aliphatic rings. The second kappa shape index (κ2) is 7.00. The molecule has 6 nitrogen and oxygen atoms in total. The molecule has 3 aromatic rings. The Morgan fingerprint density at radius 1 is 1.04 bits per heavy atom. The van der Waals surface area contributed by atoms with Gasteiger partial charge in [-0.1, -0.05) is 24.3 Å². The second-order valence-electron chi connectivity index (χ2n) is 5.62. The van der Waals surface area contributed by atoms with Gasteiger partial charge in [0, 0.05) is 29.7 Å². The molecule has 6 heteroatoms. The molecule has 0 saturated heterocycles. The third kappa shape index (κ3) is 3.74. The summed E-state index contributed by atoms with van der Waals surface area (Å²) in [4.78, 5) is 21.3. The van der Waals surface area contributed by atoms with Crippen LogP contribution in [-0.2, 0) is 11.2 Å². The molecular formula is C19H16N2O4. The molecule has 1 N–H and O–H groups in total. The van der Waals surface area contributed by atoms with Gasteiger partial charge in [0.2, 0.25) is 0 Å². The molecule has 1 aromatic heterocycles. The number of aliphatic carboxylic acids is 1. The van der Waals surface area contributed by atoms with Crippen LogP contribution in [0.2, 0.25) is 0 Å². The van der Waals surface area contributed by atoms with E-state index >= 15 is 0 Å². The van der Waals surface area contributed by atoms with Gasteiger partial charge in [-0.05, 0) is 41.8 Å². The van der Waals surface area contributed by atoms with Crippen molar-refractivity contribution in [1.82, 2.24) is 4.57 Å². The number of carboxylic acids is 1. The van der Waals surface area contributed by atoms with Crippen LogP contribution in [0.5, 0.6) is 0 Å². The number of hydrogen-bond acceptors (Lipinski definition) is 3. The Balaban J connectivity index is 1.86. The highest BCUT2D eigenvalue weighted by atomic mass is 16.6. The largest absolute Gasteiger partial charge is 0.481 e. The lowest BCUT2D eigenvalue weighted by atomic mass is 10.0. The average Bonchev–Trinajstić information content (AvgIpc) is 3.09. The molecule has 0 unspecified atom stereocenters. The van der Waals surface area contributed by atoms with Crippen LogP contribution < -0.4 is 0 Å². The van der Waals surface area contributed by atoms with Crippen LogP contribution in [0, 0.1) is 10.1 Å². The first-order valence-electron chi connectivity index (χ1n) is 7.78. The third-order valence-electron chi connectivity index (χ3n) is 3.96. The first-order valence-corrected chi connectivity index (χ1v) is 7.78. The monoisotopic (exact) mass is 336 g/mol. The van der Waals surface area contributed by atoms with Crippen LogP contribution in [-0.4, -0.2) is 20.6 Å². The molecule has 25 heavy (non-hydrogen) atoms. The summed E-state index contributed by atoms with van der Waals surface area (Å²) < 4.78 is 1.94. The van der Waals surface area contributed by atoms with Crippen molar-refractivity contribution in [3.05, 3.63) is 82.7 Å². The van der Waals surface area contributed by atoms with Crippen LogP contribution in [0.3, 0.4) is 0 Å². The maximum atomic E-state index is 10.9. The van der Waals surface area contributed by atoms with Crippen LogP contribution in [0.1, 0.15) is 12.1 Å². The summed E-state index contributed by atoms with van der Waals surface area (Å²) in [6, 6.07) is 17.9. The standard InChI is InChI=1S/C19H16N2O4/c22-19(23)11-10-16-5-2-12-20(16)17-8-6-14(7-9-17)15-3-1-4-18(13-15)21(24)25/h1-9,12-13H,10-11H2,(H,22,23). The Kier molecular flexibility index (Phi) is 4.61. The number of benzene rings is 2. The van der Waals surface area contributed by atoms with Gasteiger partial charge in [-0.25, -0.2) is 0 Å². The number of hydrogen-bond donors (Lipinski definition) is 1. The molecule has 0 saturated carbocycles. The van der Waals surface area contributed by atoms with Crippen LogP contribution in [0.4, 0.5) is 5.69 Å². The zero-order chi connectivity index (χ0) is 17.8. The fraction of sp³-hybridized carbons (Fsp3) is 0.105. The zero-order valence-electron chi connectivity index (χ0n) is 13.3. The van der Waals surface area contributed by atoms with Crippen LogP contribution in [0.15, 0.2) is 66.9 Å². The van der Waals surface area contributed by atoms with E-state index in [4.69, 9.17) is 5.11 Å². The highest BCUT2D eigenvalue weighted by Crippen LogP contribution is 2.25. The van der Waals surface area contributed by atoms with E-state index in [-0.39, 0.29) is 12.1 Å². The predicted octanol–water partition coefficient (Wildman–Crippen LogP) is 4.07. The fourth-order valence-electron chi connectivity index (χ4n) is 2.72. The first kappa shape index (κ1) is 16.4. The molecule has 0 amide bonds. The lowest BCUT2D eigenvalue weighted by Crippen LogP contribution is -2.03. The van der Waals surface area contributed by atoms with Crippen molar-refractivity contribution >= 4 is 11.7 Å². The van der Waals surface area contributed by atoms with E-state index in [1.165, 1.54) is 6.07 Å². The number of nitro benzene ring substituents is 1. The molecule has 0 aliphatic carbocycles. The van der Waals surface area contributed by atoms with E-state index in [0.29, 0.717) is 6.42 Å². The van der Waals surface area contributed by atoms with Crippen LogP contribution in [0.25, 0.3) is 16.8 Å². The maximum Gasteiger partial charge on any atom is 0.303 e. The minimum absolute atomic E-state index is 0.0583. The minimum atomic E-state index is -0.825. The SMILES string of the molecule is O=C(O)CCc1cccn1-c1ccc(-c2cccc([N+](=O)[O-])c2)cc1. The minimum Gasteiger partial charge on any atom is -0.481 e. The lowest BCUT2D eigenvalue weighted by Gasteiger charge is -2.10. The van der Waals surface area contributed by atoms with Gasteiger partial charge in [-0.3, -0.25) is 14.9 Å². The Bertz CT molecular complexity index is 913. The fourth-order valence-corrected chi connectivity index (χ4v) is 2.72. The Hall–Kier alpha value is -3.41. The van der Waals surface area contributed by atoms with E-state index in [2.05, 4.69) is 0 Å². The van der Waals surface area contributed by atoms with Crippen molar-refractivity contribution in [1.29, 1.82) is 0 Å². The van der Waals surface area contributed by atoms with Crippen molar-refractivity contribution in [2.24, 2.45) is 0 Å². The smallest absolute Gasteiger partial charge is 0.303 e. The number of nitro groups is 1. The molecule has 0 fully saturated rings. The van der Waals surface area contributed by atoms with E-state index in [1.54, 1.807) is 12.1 Å². The number of nitrogens with zero attached hydrogens (tertiary/aromatic N) is 2. The van der Waals surface area contributed by atoms with E-state index in [9.17, 15) is 14.9 Å². The van der Waals surface area contributed by atoms with Crippen molar-refractivity contribution in [3.63, 3.8) is 0 Å². The van der Waals surface area contributed by atoms with Gasteiger partial charge >= 0.3 is 5.97 Å². The number of aryl methyl sites for hydroxylation is 1. The van der Waals surface area contributed by atoms with Crippen molar-refractivity contribution < 1.29 is 14.8 Å². The summed E-state index contributed by atoms with van der Waals surface area (Å²) in [6.45, 7) is 0. The number of aromatic nitrogens is 1. The van der Waals surface area contributed by atoms with Gasteiger partial charge in [-0.15, -0.1) is 0 Å². The topological polar surface area (TPSA) is 85.4 Å². The molecular weight excluding hydrogens is 320 g/mol. The summed E-state index contributed by atoms with van der Waals surface area (Å²) in [6.07, 6.45) is 2.42. The summed E-state index contributed by atoms with van der Waals surface area (Å²) in [7, 11) is 0. The predicted molar refractivity (Wildman–Crippen MR) is 93.8 cm³/mol. The quantitative estimate of drug-likeness (QED) is 0.543. The third-order valence-corrected chi connectivity index (χ3v) is 3.96. The maximum absolute atomic E-state index is 10.9. The Labute approximate surface area is 144 Å². The molecule has 0 atom stereocenters. The van der Waals surface area contributed by atoms with Gasteiger partial charge in [0.25, 0.3) is 5.69 Å². The summed E-state index contributed by atoms with van der Waals surface area (Å²) in [5.41, 5.74) is 3.55. The zero-order valence-corrected chi connectivity index (χ0v) is 13.3. The molecule has 0 aliphatic heterocycles. The molecule has 1 heterocycles. The van der Waals surface area contributed by atoms with Crippen LogP contribution >= 0.6 is 0 Å². The van der Waals surface area contributed by atoms with Gasteiger partial charge < -0.3 is 9.67 Å². The number of non-ortho nitro benzene ring substituents is 1. The van der Waals surface area contributed by atoms with E-state index < -0.39 is 10.9 Å². The summed E-state index contributed by atoms with van der Waals surface area (Å²) in [5.74, 6) is -0.825. The molecule has 0 spiro atoms. The molecule has 0 bridgehead atoms. The summed E-state index contributed by atoms with van der Waals surface area (Å²) >= 11 is 0. The lowest BCUT2D eigenvalue weighted by molar-refractivity contribution is -0.384.